The van der Waals surface area contributed by atoms with Crippen molar-refractivity contribution in [1.29, 1.82) is 0 Å². The molecule has 1 radical (unpaired) electrons. The first-order chi connectivity index (χ1) is 21.2. The minimum Gasteiger partial charge on any atom is -0.354 e. The molecule has 215 valence electrons. The van der Waals surface area contributed by atoms with Crippen LogP contribution in [0.2, 0.25) is 0 Å². The Hall–Kier alpha value is -4.74. The first-order valence-electron chi connectivity index (χ1n) is 14.2. The first-order valence-corrected chi connectivity index (χ1v) is 15.0. The average molecular weight is 681 g/mol. The van der Waals surface area contributed by atoms with E-state index in [1.54, 1.807) is 0 Å². The zero-order valence-electron chi connectivity index (χ0n) is 23.4. The van der Waals surface area contributed by atoms with Gasteiger partial charge >= 0.3 is 0 Å². The number of nitrogens with one attached hydrogen (secondary N) is 2. The Labute approximate surface area is 273 Å². The Morgan fingerprint density at radius 1 is 0.386 bits per heavy atom. The molecule has 2 aliphatic heterocycles. The average Bonchev–Trinajstić information content (AvgIpc) is 3.88. The fourth-order valence-electron chi connectivity index (χ4n) is 5.90. The smallest absolute Gasteiger partial charge is 0.0801 e. The van der Waals surface area contributed by atoms with Crippen LogP contribution in [0.5, 0.6) is 0 Å². The summed E-state index contributed by atoms with van der Waals surface area (Å²) in [5, 5.41) is 0. The van der Waals surface area contributed by atoms with Crippen LogP contribution in [0, 0.1) is 0 Å². The molecular weight excluding hydrogens is 656 g/mol. The van der Waals surface area contributed by atoms with Crippen LogP contribution in [-0.4, -0.2) is 19.9 Å². The van der Waals surface area contributed by atoms with Crippen LogP contribution in [-0.2, 0) is 17.1 Å². The van der Waals surface area contributed by atoms with Crippen LogP contribution in [0.15, 0.2) is 120 Å². The summed E-state index contributed by atoms with van der Waals surface area (Å²) in [6.07, 6.45) is 8.40. The standard InChI is InChI=1S/C38H25BrN4.Cu/c39-38-33-22-20-31(42-33)36(25-12-6-2-7-13-25)29-18-16-27(40-29)35(24-10-4-1-5-11-24)28-17-19-30(41-28)37(26-14-8-3-9-15-26)32-21-23-34(38)43-32;/h1-23,40,43H;. The number of hydrogen-bond donors (Lipinski definition) is 2. The maximum atomic E-state index is 5.28. The SMILES string of the molecule is Brc1c2nc(c(-c3ccccc3)c3ccc([nH]3)c(-c3ccccc3)c3nc(c(-c4ccccc4)c4ccc1[nH]4)C=C3)C=C2.[Cu]. The van der Waals surface area contributed by atoms with E-state index < -0.39 is 0 Å². The summed E-state index contributed by atoms with van der Waals surface area (Å²) in [7, 11) is 0. The van der Waals surface area contributed by atoms with Crippen LogP contribution in [0.4, 0.5) is 0 Å². The summed E-state index contributed by atoms with van der Waals surface area (Å²) in [5.74, 6) is 0. The van der Waals surface area contributed by atoms with E-state index in [9.17, 15) is 0 Å². The van der Waals surface area contributed by atoms with Crippen LogP contribution in [0.1, 0.15) is 22.8 Å². The van der Waals surface area contributed by atoms with Gasteiger partial charge in [-0.2, -0.15) is 0 Å². The molecule has 6 aromatic rings. The third kappa shape index (κ3) is 4.97. The Bertz CT molecular complexity index is 2190. The molecule has 2 N–H and O–H groups in total. The van der Waals surface area contributed by atoms with Gasteiger partial charge in [-0.3, -0.25) is 0 Å². The predicted octanol–water partition coefficient (Wildman–Crippen LogP) is 10.4. The molecule has 5 heterocycles. The summed E-state index contributed by atoms with van der Waals surface area (Å²) in [6.45, 7) is 0. The van der Waals surface area contributed by atoms with Gasteiger partial charge in [0.05, 0.1) is 32.8 Å². The van der Waals surface area contributed by atoms with Crippen molar-refractivity contribution < 1.29 is 17.1 Å². The monoisotopic (exact) mass is 679 g/mol. The molecule has 0 fully saturated rings. The van der Waals surface area contributed by atoms with E-state index in [0.29, 0.717) is 0 Å². The summed E-state index contributed by atoms with van der Waals surface area (Å²) in [5.41, 5.74) is 13.9. The Balaban J connectivity index is 0.00000312. The largest absolute Gasteiger partial charge is 0.354 e. The summed E-state index contributed by atoms with van der Waals surface area (Å²) in [6, 6.07) is 39.8. The van der Waals surface area contributed by atoms with Crippen molar-refractivity contribution in [3.8, 4) is 33.4 Å². The number of aromatic nitrogens is 4. The number of rotatable bonds is 3. The quantitative estimate of drug-likeness (QED) is 0.183. The molecule has 3 aromatic heterocycles. The minimum absolute atomic E-state index is 0. The molecule has 8 bridgehead atoms. The second-order valence-electron chi connectivity index (χ2n) is 10.5. The van der Waals surface area contributed by atoms with Gasteiger partial charge in [0.2, 0.25) is 0 Å². The van der Waals surface area contributed by atoms with Crippen LogP contribution in [0.3, 0.4) is 0 Å². The van der Waals surface area contributed by atoms with Gasteiger partial charge in [-0.05, 0) is 81.2 Å². The van der Waals surface area contributed by atoms with Crippen molar-refractivity contribution in [2.75, 3.05) is 0 Å². The number of benzene rings is 3. The number of aromatic amines is 2. The fraction of sp³-hybridized carbons (Fsp3) is 0. The molecule has 6 heteroatoms. The van der Waals surface area contributed by atoms with Gasteiger partial charge in [0, 0.05) is 50.3 Å². The molecule has 0 aliphatic carbocycles. The second-order valence-corrected chi connectivity index (χ2v) is 11.3. The van der Waals surface area contributed by atoms with Crippen molar-refractivity contribution >= 4 is 62.3 Å². The van der Waals surface area contributed by atoms with Crippen molar-refractivity contribution in [2.24, 2.45) is 0 Å². The molecule has 2 aliphatic rings. The van der Waals surface area contributed by atoms with Crippen LogP contribution in [0.25, 0.3) is 79.8 Å². The molecule has 0 amide bonds. The van der Waals surface area contributed by atoms with Gasteiger partial charge in [-0.15, -0.1) is 0 Å². The number of hydrogen-bond acceptors (Lipinski definition) is 2. The van der Waals surface area contributed by atoms with Crippen molar-refractivity contribution in [3.63, 3.8) is 0 Å². The molecule has 0 spiro atoms. The molecule has 8 rings (SSSR count). The van der Waals surface area contributed by atoms with Gasteiger partial charge in [0.25, 0.3) is 0 Å². The van der Waals surface area contributed by atoms with Gasteiger partial charge in [-0.25, -0.2) is 9.97 Å². The van der Waals surface area contributed by atoms with Gasteiger partial charge < -0.3 is 9.97 Å². The van der Waals surface area contributed by atoms with E-state index in [0.717, 1.165) is 82.7 Å². The van der Waals surface area contributed by atoms with Crippen LogP contribution >= 0.6 is 15.9 Å². The molecule has 44 heavy (non-hydrogen) atoms. The molecule has 0 unspecified atom stereocenters. The molecule has 4 nitrogen and oxygen atoms in total. The number of H-pyrrole nitrogens is 2. The Kier molecular flexibility index (Phi) is 7.49. The minimum atomic E-state index is 0. The number of nitrogens with zero attached hydrogens (tertiary/aromatic N) is 2. The second kappa shape index (κ2) is 11.7. The maximum absolute atomic E-state index is 5.28. The van der Waals surface area contributed by atoms with Crippen molar-refractivity contribution in [2.45, 2.75) is 0 Å². The Morgan fingerprint density at radius 2 is 0.705 bits per heavy atom. The summed E-state index contributed by atoms with van der Waals surface area (Å²) < 4.78 is 0.903. The van der Waals surface area contributed by atoms with E-state index in [2.05, 4.69) is 147 Å². The third-order valence-corrected chi connectivity index (χ3v) is 8.71. The zero-order valence-corrected chi connectivity index (χ0v) is 25.9. The zero-order chi connectivity index (χ0) is 28.8. The molecule has 0 saturated heterocycles. The summed E-state index contributed by atoms with van der Waals surface area (Å²) >= 11 is 3.86. The van der Waals surface area contributed by atoms with E-state index >= 15 is 0 Å². The molecule has 0 atom stereocenters. The van der Waals surface area contributed by atoms with Gasteiger partial charge in [-0.1, -0.05) is 91.0 Å². The van der Waals surface area contributed by atoms with E-state index in [1.165, 1.54) is 0 Å². The van der Waals surface area contributed by atoms with E-state index in [-0.39, 0.29) is 17.1 Å². The number of fused-ring (bicyclic) bond motifs is 8. The number of halogens is 1. The summed E-state index contributed by atoms with van der Waals surface area (Å²) in [4.78, 5) is 17.8. The van der Waals surface area contributed by atoms with Crippen LogP contribution < -0.4 is 0 Å². The van der Waals surface area contributed by atoms with E-state index in [1.807, 2.05) is 18.2 Å². The van der Waals surface area contributed by atoms with E-state index in [4.69, 9.17) is 9.97 Å². The topological polar surface area (TPSA) is 57.4 Å². The maximum Gasteiger partial charge on any atom is 0.0801 e. The van der Waals surface area contributed by atoms with Gasteiger partial charge in [0.1, 0.15) is 0 Å². The Morgan fingerprint density at radius 3 is 1.11 bits per heavy atom. The normalized spacial score (nSPS) is 11.8. The first kappa shape index (κ1) is 28.1. The van der Waals surface area contributed by atoms with Crippen molar-refractivity contribution in [3.05, 3.63) is 143 Å². The molecule has 3 aromatic carbocycles. The van der Waals surface area contributed by atoms with Gasteiger partial charge in [0.15, 0.2) is 0 Å². The fourth-order valence-corrected chi connectivity index (χ4v) is 6.35. The predicted molar refractivity (Wildman–Crippen MR) is 183 cm³/mol. The molecular formula is C38H25BrCuN4. The van der Waals surface area contributed by atoms with Crippen molar-refractivity contribution in [1.82, 2.24) is 19.9 Å². The third-order valence-electron chi connectivity index (χ3n) is 7.88. The molecule has 0 saturated carbocycles.